The van der Waals surface area contributed by atoms with Gasteiger partial charge in [-0.3, -0.25) is 19.6 Å². The van der Waals surface area contributed by atoms with Crippen molar-refractivity contribution in [2.75, 3.05) is 18.0 Å². The van der Waals surface area contributed by atoms with E-state index in [1.54, 1.807) is 18.5 Å². The summed E-state index contributed by atoms with van der Waals surface area (Å²) in [4.78, 5) is 37.4. The Morgan fingerprint density at radius 2 is 2.11 bits per heavy atom. The highest BCUT2D eigenvalue weighted by Crippen LogP contribution is 2.29. The fraction of sp³-hybridized carbons (Fsp3) is 0.259. The second-order valence-corrected chi connectivity index (χ2v) is 9.25. The zero-order valence-corrected chi connectivity index (χ0v) is 20.9. The monoisotopic (exact) mass is 518 g/mol. The van der Waals surface area contributed by atoms with E-state index in [0.717, 1.165) is 16.8 Å². The van der Waals surface area contributed by atoms with Gasteiger partial charge >= 0.3 is 6.09 Å². The van der Waals surface area contributed by atoms with Crippen molar-refractivity contribution in [3.8, 4) is 11.1 Å². The van der Waals surface area contributed by atoms with Gasteiger partial charge in [-0.05, 0) is 29.3 Å². The Balaban J connectivity index is 1.26. The number of rotatable bonds is 10. The maximum Gasteiger partial charge on any atom is 0.414 e. The Bertz CT molecular complexity index is 1340. The molecule has 38 heavy (non-hydrogen) atoms. The van der Waals surface area contributed by atoms with Crippen LogP contribution in [-0.4, -0.2) is 51.0 Å². The molecule has 2 amide bonds. The van der Waals surface area contributed by atoms with Crippen molar-refractivity contribution in [3.63, 3.8) is 0 Å². The van der Waals surface area contributed by atoms with Crippen molar-refractivity contribution in [3.05, 3.63) is 90.8 Å². The van der Waals surface area contributed by atoms with E-state index < -0.39 is 18.0 Å². The first-order valence-corrected chi connectivity index (χ1v) is 12.3. The molecule has 0 unspecified atom stereocenters. The lowest BCUT2D eigenvalue weighted by atomic mass is 10.0. The molecule has 1 aliphatic heterocycles. The van der Waals surface area contributed by atoms with Crippen LogP contribution in [0.15, 0.2) is 73.7 Å². The van der Waals surface area contributed by atoms with Crippen molar-refractivity contribution < 1.29 is 23.3 Å². The molecular weight excluding hydrogens is 489 g/mol. The number of H-pyrrole nitrogens is 2. The largest absolute Gasteiger partial charge is 0.442 e. The van der Waals surface area contributed by atoms with E-state index in [9.17, 15) is 9.59 Å². The molecule has 1 saturated heterocycles. The average Bonchev–Trinajstić information content (AvgIpc) is 3.67. The number of nitrogens with one attached hydrogen (secondary N) is 3. The number of halogens is 1. The number of benzene rings is 2. The van der Waals surface area contributed by atoms with E-state index in [2.05, 4.69) is 29.7 Å². The van der Waals surface area contributed by atoms with Gasteiger partial charge in [0.25, 0.3) is 0 Å². The zero-order valence-electron chi connectivity index (χ0n) is 20.9. The van der Waals surface area contributed by atoms with Gasteiger partial charge in [0.05, 0.1) is 25.1 Å². The number of nitrogens with zero attached hydrogens (tertiary/aromatic N) is 4. The molecule has 1 aliphatic rings. The number of amides is 2. The lowest BCUT2D eigenvalue weighted by Crippen LogP contribution is -2.41. The number of aromatic nitrogens is 4. The molecule has 0 saturated carbocycles. The Hall–Kier alpha value is -4.51. The first kappa shape index (κ1) is 25.2. The van der Waals surface area contributed by atoms with Crippen molar-refractivity contribution in [2.45, 2.75) is 32.8 Å². The van der Waals surface area contributed by atoms with E-state index in [1.807, 2.05) is 49.2 Å². The number of hydrogen-bond acceptors (Lipinski definition) is 5. The summed E-state index contributed by atoms with van der Waals surface area (Å²) in [7, 11) is 0. The van der Waals surface area contributed by atoms with Gasteiger partial charge < -0.3 is 15.0 Å². The Morgan fingerprint density at radius 1 is 1.26 bits per heavy atom. The summed E-state index contributed by atoms with van der Waals surface area (Å²) >= 11 is 0. The number of hydrogen-bond donors (Lipinski definition) is 3. The van der Waals surface area contributed by atoms with Crippen LogP contribution in [0.3, 0.4) is 0 Å². The van der Waals surface area contributed by atoms with Crippen LogP contribution in [0.1, 0.15) is 18.2 Å². The molecule has 5 rings (SSSR count). The van der Waals surface area contributed by atoms with Gasteiger partial charge in [-0.25, -0.2) is 18.7 Å². The SMILES string of the molecule is CC(=O)NC[C@H]1CN(c2ccc(-c3ccc(CN(Cc4cnc[nH]4)C[n+]4cc[nH]c4)cc3)c(F)c2)C(=O)O1. The molecule has 2 aromatic carbocycles. The molecule has 2 aromatic heterocycles. The highest BCUT2D eigenvalue weighted by molar-refractivity contribution is 5.90. The molecule has 0 bridgehead atoms. The maximum atomic E-state index is 15.1. The molecule has 3 heterocycles. The minimum atomic E-state index is -0.561. The van der Waals surface area contributed by atoms with Crippen LogP contribution in [0.2, 0.25) is 0 Å². The third kappa shape index (κ3) is 6.06. The Kier molecular flexibility index (Phi) is 7.45. The van der Waals surface area contributed by atoms with Gasteiger partial charge in [-0.15, -0.1) is 0 Å². The van der Waals surface area contributed by atoms with Crippen molar-refractivity contribution in [1.82, 2.24) is 25.2 Å². The molecule has 10 nitrogen and oxygen atoms in total. The quantitative estimate of drug-likeness (QED) is 0.280. The maximum absolute atomic E-state index is 15.1. The molecule has 4 aromatic rings. The van der Waals surface area contributed by atoms with Crippen LogP contribution < -0.4 is 14.8 Å². The number of aromatic amines is 2. The normalized spacial score (nSPS) is 15.2. The van der Waals surface area contributed by atoms with Crippen molar-refractivity contribution in [1.29, 1.82) is 0 Å². The molecule has 11 heteroatoms. The molecule has 1 fully saturated rings. The van der Waals surface area contributed by atoms with E-state index in [-0.39, 0.29) is 19.0 Å². The molecule has 1 atom stereocenters. The number of ether oxygens (including phenoxy) is 1. The first-order valence-electron chi connectivity index (χ1n) is 12.3. The van der Waals surface area contributed by atoms with E-state index >= 15 is 4.39 Å². The van der Waals surface area contributed by atoms with Gasteiger partial charge in [0, 0.05) is 37.5 Å². The van der Waals surface area contributed by atoms with Crippen LogP contribution in [0.25, 0.3) is 11.1 Å². The summed E-state index contributed by atoms with van der Waals surface area (Å²) in [5, 5.41) is 2.63. The average molecular weight is 519 g/mol. The smallest absolute Gasteiger partial charge is 0.414 e. The summed E-state index contributed by atoms with van der Waals surface area (Å²) in [6, 6.07) is 12.5. The highest BCUT2D eigenvalue weighted by Gasteiger charge is 2.32. The van der Waals surface area contributed by atoms with Gasteiger partial charge in [0.2, 0.25) is 12.2 Å². The lowest BCUT2D eigenvalue weighted by molar-refractivity contribution is -0.715. The summed E-state index contributed by atoms with van der Waals surface area (Å²) < 4.78 is 22.5. The Labute approximate surface area is 219 Å². The van der Waals surface area contributed by atoms with E-state index in [4.69, 9.17) is 4.74 Å². The van der Waals surface area contributed by atoms with E-state index in [1.165, 1.54) is 17.9 Å². The van der Waals surface area contributed by atoms with Gasteiger partial charge in [-0.1, -0.05) is 24.3 Å². The molecule has 3 N–H and O–H groups in total. The second kappa shape index (κ2) is 11.3. The van der Waals surface area contributed by atoms with Crippen LogP contribution in [0.5, 0.6) is 0 Å². The Morgan fingerprint density at radius 3 is 2.79 bits per heavy atom. The molecule has 0 radical (unpaired) electrons. The zero-order chi connectivity index (χ0) is 26.5. The lowest BCUT2D eigenvalue weighted by Gasteiger charge is -2.20. The van der Waals surface area contributed by atoms with Crippen LogP contribution >= 0.6 is 0 Å². The summed E-state index contributed by atoms with van der Waals surface area (Å²) in [6.07, 6.45) is 8.19. The van der Waals surface area contributed by atoms with Gasteiger partial charge in [0.15, 0.2) is 0 Å². The number of carbonyl (C=O) groups excluding carboxylic acids is 2. The topological polar surface area (TPSA) is 110 Å². The highest BCUT2D eigenvalue weighted by atomic mass is 19.1. The van der Waals surface area contributed by atoms with Crippen LogP contribution in [-0.2, 0) is 29.3 Å². The first-order chi connectivity index (χ1) is 18.4. The molecule has 0 aliphatic carbocycles. The summed E-state index contributed by atoms with van der Waals surface area (Å²) in [5.41, 5.74) is 3.70. The fourth-order valence-electron chi connectivity index (χ4n) is 4.46. The van der Waals surface area contributed by atoms with E-state index in [0.29, 0.717) is 31.0 Å². The van der Waals surface area contributed by atoms with Crippen molar-refractivity contribution >= 4 is 17.7 Å². The number of carbonyl (C=O) groups is 2. The minimum Gasteiger partial charge on any atom is -0.442 e. The number of imidazole rings is 2. The molecule has 196 valence electrons. The molecule has 0 spiro atoms. The standard InChI is InChI=1S/C27H28FN7O3/c1-19(36)31-12-24-15-35(27(37)38-24)23-6-7-25(26(28)10-23)21-4-2-20(3-5-21)13-34(14-22-11-30-16-32-22)18-33-9-8-29-17-33/h2-11,16-17,24H,12-15,18H2,1H3,(H2,30,31,32,36)/p+1/t24-/m0/s1. The van der Waals surface area contributed by atoms with Gasteiger partial charge in [0.1, 0.15) is 31.0 Å². The number of anilines is 1. The minimum absolute atomic E-state index is 0.203. The predicted molar refractivity (Wildman–Crippen MR) is 137 cm³/mol. The summed E-state index contributed by atoms with van der Waals surface area (Å²) in [6.45, 7) is 3.92. The second-order valence-electron chi connectivity index (χ2n) is 9.25. The van der Waals surface area contributed by atoms with Gasteiger partial charge in [-0.2, -0.15) is 0 Å². The predicted octanol–water partition coefficient (Wildman–Crippen LogP) is 2.95. The van der Waals surface area contributed by atoms with Crippen LogP contribution in [0, 0.1) is 5.82 Å². The number of cyclic esters (lactones) is 1. The van der Waals surface area contributed by atoms with Crippen molar-refractivity contribution in [2.24, 2.45) is 0 Å². The third-order valence-corrected chi connectivity index (χ3v) is 6.30. The van der Waals surface area contributed by atoms with Crippen LogP contribution in [0.4, 0.5) is 14.9 Å². The summed E-state index contributed by atoms with van der Waals surface area (Å²) in [5.74, 6) is -0.635. The molecular formula is C27H29FN7O3+. The fourth-order valence-corrected chi connectivity index (χ4v) is 4.46. The third-order valence-electron chi connectivity index (χ3n) is 6.30.